The molecule has 10 nitrogen and oxygen atoms in total. The highest BCUT2D eigenvalue weighted by atomic mass is 16.3. The summed E-state index contributed by atoms with van der Waals surface area (Å²) >= 11 is 0. The van der Waals surface area contributed by atoms with Crippen LogP contribution < -0.4 is 0 Å². The Morgan fingerprint density at radius 2 is 0.522 bits per heavy atom. The second kappa shape index (κ2) is 17.1. The van der Waals surface area contributed by atoms with Gasteiger partial charge in [-0.2, -0.15) is 5.26 Å². The number of benzene rings is 13. The molecule has 0 unspecified atom stereocenters. The van der Waals surface area contributed by atoms with Gasteiger partial charge in [0.05, 0.1) is 94.0 Å². The van der Waals surface area contributed by atoms with Gasteiger partial charge in [-0.15, -0.1) is 0 Å². The molecule has 13 aromatic carbocycles. The van der Waals surface area contributed by atoms with Gasteiger partial charge in [-0.25, -0.2) is 0 Å². The van der Waals surface area contributed by atoms with E-state index in [1.165, 1.54) is 6.21 Å². The van der Waals surface area contributed by atoms with Crippen LogP contribution in [-0.2, 0) is 0 Å². The van der Waals surface area contributed by atoms with Crippen molar-refractivity contribution in [3.8, 4) is 28.8 Å². The maximum Gasteiger partial charge on any atom is 0.145 e. The smallest absolute Gasteiger partial charge is 0.145 e. The topological polar surface area (TPSA) is 120 Å². The zero-order valence-electron chi connectivity index (χ0n) is 47.5. The quantitative estimate of drug-likeness (QED) is 0.172. The van der Waals surface area contributed by atoms with Gasteiger partial charge >= 0.3 is 0 Å². The Labute approximate surface area is 507 Å². The van der Waals surface area contributed by atoms with Crippen LogP contribution >= 0.6 is 0 Å². The first-order chi connectivity index (χ1) is 44.6. The van der Waals surface area contributed by atoms with Crippen LogP contribution in [-0.4, -0.2) is 24.5 Å². The lowest BCUT2D eigenvalue weighted by Crippen LogP contribution is -2.17. The fourth-order valence-corrected chi connectivity index (χ4v) is 15.7. The fraction of sp³-hybridized carbons (Fsp3) is 0. The molecule has 0 aliphatic rings. The van der Waals surface area contributed by atoms with Crippen molar-refractivity contribution in [1.29, 1.82) is 10.7 Å². The van der Waals surface area contributed by atoms with Gasteiger partial charge in [0.15, 0.2) is 0 Å². The summed E-state index contributed by atoms with van der Waals surface area (Å²) in [6.45, 7) is 0. The Bertz CT molecular complexity index is 6900. The predicted molar refractivity (Wildman–Crippen MR) is 366 cm³/mol. The normalized spacial score (nSPS) is 12.5. The Morgan fingerprint density at radius 1 is 0.267 bits per heavy atom. The number of nitrogens with zero attached hydrogens (tertiary/aromatic N) is 5. The number of hydrogen-bond acceptors (Lipinski definition) is 6. The van der Waals surface area contributed by atoms with E-state index in [-0.39, 0.29) is 5.56 Å². The molecule has 0 aliphatic heterocycles. The highest BCUT2D eigenvalue weighted by molar-refractivity contribution is 6.29. The second-order valence-electron chi connectivity index (χ2n) is 23.6. The van der Waals surface area contributed by atoms with Gasteiger partial charge in [0.2, 0.25) is 0 Å². The van der Waals surface area contributed by atoms with Crippen molar-refractivity contribution in [3.05, 3.63) is 254 Å². The maximum atomic E-state index is 12.8. The summed E-state index contributed by atoms with van der Waals surface area (Å²) < 4.78 is 37.4. The van der Waals surface area contributed by atoms with Gasteiger partial charge in [-0.3, -0.25) is 0 Å². The molecule has 1 N–H and O–H groups in total. The van der Waals surface area contributed by atoms with E-state index in [0.717, 1.165) is 175 Å². The first-order valence-corrected chi connectivity index (χ1v) is 30.1. The number of aromatic nitrogens is 4. The van der Waals surface area contributed by atoms with Crippen LogP contribution in [0, 0.1) is 16.7 Å². The van der Waals surface area contributed by atoms with E-state index in [0.29, 0.717) is 28.3 Å². The van der Waals surface area contributed by atoms with Crippen LogP contribution in [0.25, 0.3) is 198 Å². The lowest BCUT2D eigenvalue weighted by molar-refractivity contribution is 0.672. The average molecular weight is 1150 g/mol. The first-order valence-electron chi connectivity index (χ1n) is 30.1. The monoisotopic (exact) mass is 1150 g/mol. The zero-order valence-corrected chi connectivity index (χ0v) is 47.5. The highest BCUT2D eigenvalue weighted by Crippen LogP contribution is 2.53. The summed E-state index contributed by atoms with van der Waals surface area (Å²) in [6.07, 6.45) is 1.39. The molecule has 0 fully saturated rings. The molecule has 0 saturated carbocycles. The molecule has 0 bridgehead atoms. The van der Waals surface area contributed by atoms with Gasteiger partial charge in [0.1, 0.15) is 50.7 Å². The average Bonchev–Trinajstić information content (AvgIpc) is 1.48. The molecule has 0 atom stereocenters. The molecule has 0 amide bonds. The van der Waals surface area contributed by atoms with Crippen molar-refractivity contribution in [3.63, 3.8) is 0 Å². The van der Waals surface area contributed by atoms with Crippen molar-refractivity contribution in [2.24, 2.45) is 0 Å². The zero-order chi connectivity index (χ0) is 58.8. The Hall–Kier alpha value is -12.6. The fourth-order valence-electron chi connectivity index (χ4n) is 15.7. The number of rotatable bonds is 5. The van der Waals surface area contributed by atoms with Crippen LogP contribution in [0.5, 0.6) is 0 Å². The van der Waals surface area contributed by atoms with E-state index in [9.17, 15) is 10.7 Å². The summed E-state index contributed by atoms with van der Waals surface area (Å²) in [5.74, 6) is 0. The van der Waals surface area contributed by atoms with Gasteiger partial charge < -0.3 is 41.3 Å². The van der Waals surface area contributed by atoms with Crippen molar-refractivity contribution in [1.82, 2.24) is 18.3 Å². The molecule has 416 valence electrons. The van der Waals surface area contributed by atoms with Crippen molar-refractivity contribution < 1.29 is 17.7 Å². The molecule has 21 rings (SSSR count). The molecule has 21 aromatic rings. The number of para-hydroxylation sites is 8. The van der Waals surface area contributed by atoms with E-state index in [2.05, 4.69) is 212 Å². The minimum Gasteiger partial charge on any atom is -0.455 e. The molecule has 0 saturated heterocycles. The SMILES string of the molecule is N#Cc1c(C=N)c(-n2c3ccccc3c3c4oc5ccccc5c4ccc32)c(-n2c3ccccc3c3c4oc5ccccc5c4ccc32)c(-n2c3ccccc3c3c4oc5ccccc5c4ccc32)c1-n1c2ccccc2c2c3oc4ccccc4c3ccc21. The Morgan fingerprint density at radius 3 is 0.822 bits per heavy atom. The molecule has 8 aromatic heterocycles. The van der Waals surface area contributed by atoms with Crippen LogP contribution in [0.15, 0.2) is 260 Å². The molecule has 10 heteroatoms. The third kappa shape index (κ3) is 5.84. The van der Waals surface area contributed by atoms with Crippen molar-refractivity contribution >= 4 is 181 Å². The molecular formula is C80H42N6O4. The summed E-state index contributed by atoms with van der Waals surface area (Å²) in [5, 5.41) is 38.5. The highest BCUT2D eigenvalue weighted by Gasteiger charge is 2.36. The van der Waals surface area contributed by atoms with Crippen LogP contribution in [0.2, 0.25) is 0 Å². The van der Waals surface area contributed by atoms with Crippen LogP contribution in [0.1, 0.15) is 11.1 Å². The molecule has 8 heterocycles. The third-order valence-corrected chi connectivity index (χ3v) is 19.3. The van der Waals surface area contributed by atoms with Gasteiger partial charge in [0.25, 0.3) is 0 Å². The summed E-state index contributed by atoms with van der Waals surface area (Å²) in [4.78, 5) is 0. The number of nitriles is 1. The van der Waals surface area contributed by atoms with Gasteiger partial charge in [-0.05, 0) is 97.1 Å². The summed E-state index contributed by atoms with van der Waals surface area (Å²) in [6, 6.07) is 87.2. The molecule has 0 aliphatic carbocycles. The standard InChI is InChI=1S/C80H42N6O4/c81-41-55-56(42-82)74(84-58-26-10-2-22-52(58)70-62(84)38-34-48-44-18-6-14-30-66(44)88-78(48)70)76(86-60-28-12-4-24-54(60)72-64(86)40-36-50-46-20-8-16-32-68(46)90-80(50)72)75(85-59-27-11-3-23-53(59)71-63(85)39-35-49-45-19-7-15-31-67(45)89-79(49)71)73(55)83-57-25-9-1-21-51(57)69-61(83)37-33-47-43-17-5-13-29-65(43)87-77(47)69/h1-41,81H. The molecule has 0 spiro atoms. The van der Waals surface area contributed by atoms with Gasteiger partial charge in [0, 0.05) is 76.4 Å². The number of fused-ring (bicyclic) bond motifs is 28. The van der Waals surface area contributed by atoms with E-state index >= 15 is 0 Å². The largest absolute Gasteiger partial charge is 0.455 e. The predicted octanol–water partition coefficient (Wildman–Crippen LogP) is 21.5. The summed E-state index contributed by atoms with van der Waals surface area (Å²) in [5.41, 5.74) is 16.3. The minimum absolute atomic E-state index is 0.290. The van der Waals surface area contributed by atoms with E-state index in [1.54, 1.807) is 0 Å². The minimum atomic E-state index is 0.290. The maximum absolute atomic E-state index is 12.8. The Kier molecular flexibility index (Phi) is 9.05. The van der Waals surface area contributed by atoms with Crippen LogP contribution in [0.4, 0.5) is 0 Å². The lowest BCUT2D eigenvalue weighted by Gasteiger charge is -2.28. The Balaban J connectivity index is 1.07. The second-order valence-corrected chi connectivity index (χ2v) is 23.6. The van der Waals surface area contributed by atoms with E-state index in [1.807, 2.05) is 54.6 Å². The van der Waals surface area contributed by atoms with Crippen molar-refractivity contribution in [2.45, 2.75) is 0 Å². The number of furan rings is 4. The molecule has 90 heavy (non-hydrogen) atoms. The van der Waals surface area contributed by atoms with E-state index in [4.69, 9.17) is 17.7 Å². The number of hydrogen-bond donors (Lipinski definition) is 1. The van der Waals surface area contributed by atoms with Crippen molar-refractivity contribution in [2.75, 3.05) is 0 Å². The van der Waals surface area contributed by atoms with Gasteiger partial charge in [-0.1, -0.05) is 146 Å². The first kappa shape index (κ1) is 47.6. The summed E-state index contributed by atoms with van der Waals surface area (Å²) in [7, 11) is 0. The lowest BCUT2D eigenvalue weighted by atomic mass is 9.98. The van der Waals surface area contributed by atoms with Crippen LogP contribution in [0.3, 0.4) is 0 Å². The van der Waals surface area contributed by atoms with E-state index < -0.39 is 0 Å². The number of nitrogens with one attached hydrogen (secondary N) is 1. The third-order valence-electron chi connectivity index (χ3n) is 19.3. The molecular weight excluding hydrogens is 1110 g/mol. The molecule has 0 radical (unpaired) electrons.